The molecule has 0 aromatic carbocycles. The van der Waals surface area contributed by atoms with Crippen LogP contribution in [0.4, 0.5) is 0 Å². The van der Waals surface area contributed by atoms with E-state index in [0.717, 1.165) is 25.5 Å². The van der Waals surface area contributed by atoms with Crippen LogP contribution >= 0.6 is 15.9 Å². The van der Waals surface area contributed by atoms with Crippen LogP contribution in [0.5, 0.6) is 0 Å². The lowest BCUT2D eigenvalue weighted by Crippen LogP contribution is -1.96. The number of alkyl halides is 1. The molecule has 0 saturated carbocycles. The van der Waals surface area contributed by atoms with E-state index >= 15 is 0 Å². The second-order valence-corrected chi connectivity index (χ2v) is 2.97. The Morgan fingerprint density at radius 3 is 2.75 bits per heavy atom. The molecular formula is C6H11BrO. The van der Waals surface area contributed by atoms with Crippen LogP contribution in [0.1, 0.15) is 26.2 Å². The number of hydrogen-bond acceptors (Lipinski definition) is 1. The average Bonchev–Trinajstić information content (AvgIpc) is 1.83. The summed E-state index contributed by atoms with van der Waals surface area (Å²) in [4.78, 5) is 10.0. The summed E-state index contributed by atoms with van der Waals surface area (Å²) < 4.78 is 0. The third-order valence-electron chi connectivity index (χ3n) is 0.981. The van der Waals surface area contributed by atoms with Gasteiger partial charge in [-0.1, -0.05) is 35.7 Å². The third-order valence-corrected chi connectivity index (χ3v) is 1.65. The molecule has 0 unspecified atom stereocenters. The summed E-state index contributed by atoms with van der Waals surface area (Å²) >= 11 is 3.21. The first-order chi connectivity index (χ1) is 3.81. The predicted octanol–water partition coefficient (Wildman–Crippen LogP) is 2.14. The maximum Gasteiger partial charge on any atom is 0.133 e. The Morgan fingerprint density at radius 2 is 2.38 bits per heavy atom. The number of hydrogen-bond donors (Lipinski definition) is 0. The highest BCUT2D eigenvalue weighted by molar-refractivity contribution is 9.09. The fourth-order valence-electron chi connectivity index (χ4n) is 0.467. The molecule has 0 radical (unpaired) electrons. The molecule has 0 aliphatic rings. The van der Waals surface area contributed by atoms with Crippen LogP contribution in [-0.4, -0.2) is 11.1 Å². The van der Waals surface area contributed by atoms with Gasteiger partial charge in [-0.05, 0) is 6.42 Å². The smallest absolute Gasteiger partial charge is 0.133 e. The number of rotatable bonds is 4. The van der Waals surface area contributed by atoms with E-state index < -0.39 is 0 Å². The zero-order valence-electron chi connectivity index (χ0n) is 5.06. The molecule has 0 aliphatic heterocycles. The van der Waals surface area contributed by atoms with Crippen molar-refractivity contribution in [1.29, 1.82) is 0 Å². The SMILES string of the molecule is CCCC[C@H](Br)C=O. The Labute approximate surface area is 58.6 Å². The number of carbonyl (C=O) groups excluding carboxylic acids is 1. The van der Waals surface area contributed by atoms with Crippen molar-refractivity contribution in [2.24, 2.45) is 0 Å². The first-order valence-electron chi connectivity index (χ1n) is 2.90. The molecule has 1 nitrogen and oxygen atoms in total. The summed E-state index contributed by atoms with van der Waals surface area (Å²) in [7, 11) is 0. The van der Waals surface area contributed by atoms with Gasteiger partial charge in [0.1, 0.15) is 6.29 Å². The quantitative estimate of drug-likeness (QED) is 0.477. The van der Waals surface area contributed by atoms with Gasteiger partial charge in [-0.25, -0.2) is 0 Å². The molecule has 0 fully saturated rings. The fraction of sp³-hybridized carbons (Fsp3) is 0.833. The normalized spacial score (nSPS) is 13.2. The molecule has 48 valence electrons. The minimum atomic E-state index is 0.0856. The zero-order chi connectivity index (χ0) is 6.41. The Morgan fingerprint density at radius 1 is 1.75 bits per heavy atom. The lowest BCUT2D eigenvalue weighted by molar-refractivity contribution is -0.107. The molecule has 0 saturated heterocycles. The van der Waals surface area contributed by atoms with Crippen molar-refractivity contribution in [2.45, 2.75) is 31.0 Å². The predicted molar refractivity (Wildman–Crippen MR) is 38.3 cm³/mol. The van der Waals surface area contributed by atoms with Gasteiger partial charge >= 0.3 is 0 Å². The van der Waals surface area contributed by atoms with Crippen LogP contribution in [0.3, 0.4) is 0 Å². The summed E-state index contributed by atoms with van der Waals surface area (Å²) in [6, 6.07) is 0. The molecule has 8 heavy (non-hydrogen) atoms. The molecule has 0 bridgehead atoms. The van der Waals surface area contributed by atoms with Crippen LogP contribution in [0, 0.1) is 0 Å². The van der Waals surface area contributed by atoms with Crippen molar-refractivity contribution in [3.63, 3.8) is 0 Å². The molecule has 0 amide bonds. The first-order valence-corrected chi connectivity index (χ1v) is 3.82. The van der Waals surface area contributed by atoms with Gasteiger partial charge in [0, 0.05) is 0 Å². The molecule has 0 heterocycles. The monoisotopic (exact) mass is 178 g/mol. The maximum absolute atomic E-state index is 9.96. The second kappa shape index (κ2) is 5.29. The number of halogens is 1. The first kappa shape index (κ1) is 8.15. The van der Waals surface area contributed by atoms with E-state index in [4.69, 9.17) is 0 Å². The topological polar surface area (TPSA) is 17.1 Å². The molecule has 0 spiro atoms. The largest absolute Gasteiger partial charge is 0.302 e. The molecule has 0 aliphatic carbocycles. The molecular weight excluding hydrogens is 168 g/mol. The Kier molecular flexibility index (Phi) is 5.39. The van der Waals surface area contributed by atoms with Crippen molar-refractivity contribution in [2.75, 3.05) is 0 Å². The Hall–Kier alpha value is 0.150. The average molecular weight is 179 g/mol. The van der Waals surface area contributed by atoms with E-state index in [1.807, 2.05) is 0 Å². The summed E-state index contributed by atoms with van der Waals surface area (Å²) in [6.45, 7) is 2.12. The summed E-state index contributed by atoms with van der Waals surface area (Å²) in [5, 5.41) is 0. The molecule has 2 heteroatoms. The summed E-state index contributed by atoms with van der Waals surface area (Å²) in [5.41, 5.74) is 0. The standard InChI is InChI=1S/C6H11BrO/c1-2-3-4-6(7)5-8/h5-6H,2-4H2,1H3/t6-/m0/s1. The van der Waals surface area contributed by atoms with Crippen LogP contribution in [0.15, 0.2) is 0 Å². The van der Waals surface area contributed by atoms with E-state index in [0.29, 0.717) is 0 Å². The van der Waals surface area contributed by atoms with Crippen LogP contribution in [0.2, 0.25) is 0 Å². The van der Waals surface area contributed by atoms with E-state index in [9.17, 15) is 4.79 Å². The van der Waals surface area contributed by atoms with Crippen molar-refractivity contribution in [3.05, 3.63) is 0 Å². The Balaban J connectivity index is 2.98. The Bertz CT molecular complexity index is 63.5. The van der Waals surface area contributed by atoms with Crippen LogP contribution in [-0.2, 0) is 4.79 Å². The summed E-state index contributed by atoms with van der Waals surface area (Å²) in [6.07, 6.45) is 4.21. The van der Waals surface area contributed by atoms with E-state index in [1.165, 1.54) is 0 Å². The minimum Gasteiger partial charge on any atom is -0.302 e. The van der Waals surface area contributed by atoms with E-state index in [-0.39, 0.29) is 4.83 Å². The lowest BCUT2D eigenvalue weighted by atomic mass is 10.2. The van der Waals surface area contributed by atoms with Gasteiger partial charge in [-0.2, -0.15) is 0 Å². The second-order valence-electron chi connectivity index (χ2n) is 1.79. The van der Waals surface area contributed by atoms with Gasteiger partial charge < -0.3 is 4.79 Å². The molecule has 1 atom stereocenters. The number of carbonyl (C=O) groups is 1. The number of unbranched alkanes of at least 4 members (excludes halogenated alkanes) is 1. The van der Waals surface area contributed by atoms with Gasteiger partial charge in [-0.3, -0.25) is 0 Å². The molecule has 0 rings (SSSR count). The van der Waals surface area contributed by atoms with E-state index in [2.05, 4.69) is 22.9 Å². The van der Waals surface area contributed by atoms with E-state index in [1.54, 1.807) is 0 Å². The highest BCUT2D eigenvalue weighted by Crippen LogP contribution is 2.05. The van der Waals surface area contributed by atoms with Gasteiger partial charge in [0.2, 0.25) is 0 Å². The van der Waals surface area contributed by atoms with Crippen molar-refractivity contribution >= 4 is 22.2 Å². The summed E-state index contributed by atoms with van der Waals surface area (Å²) in [5.74, 6) is 0. The highest BCUT2D eigenvalue weighted by atomic mass is 79.9. The minimum absolute atomic E-state index is 0.0856. The van der Waals surface area contributed by atoms with Gasteiger partial charge in [-0.15, -0.1) is 0 Å². The zero-order valence-corrected chi connectivity index (χ0v) is 6.65. The maximum atomic E-state index is 9.96. The highest BCUT2D eigenvalue weighted by Gasteiger charge is 1.97. The van der Waals surface area contributed by atoms with Crippen LogP contribution in [0.25, 0.3) is 0 Å². The lowest BCUT2D eigenvalue weighted by Gasteiger charge is -1.96. The van der Waals surface area contributed by atoms with Crippen molar-refractivity contribution < 1.29 is 4.79 Å². The molecule has 0 N–H and O–H groups in total. The van der Waals surface area contributed by atoms with Crippen molar-refractivity contribution in [3.8, 4) is 0 Å². The van der Waals surface area contributed by atoms with Gasteiger partial charge in [0.15, 0.2) is 0 Å². The van der Waals surface area contributed by atoms with Gasteiger partial charge in [0.25, 0.3) is 0 Å². The van der Waals surface area contributed by atoms with Gasteiger partial charge in [0.05, 0.1) is 4.83 Å². The van der Waals surface area contributed by atoms with Crippen LogP contribution < -0.4 is 0 Å². The fourth-order valence-corrected chi connectivity index (χ4v) is 0.791. The van der Waals surface area contributed by atoms with Crippen molar-refractivity contribution in [1.82, 2.24) is 0 Å². The molecule has 0 aromatic rings. The molecule has 0 aromatic heterocycles. The third kappa shape index (κ3) is 4.31. The number of aldehydes is 1.